The Hall–Kier alpha value is -1.92. The molecule has 0 radical (unpaired) electrons. The van der Waals surface area contributed by atoms with Gasteiger partial charge >= 0.3 is 5.97 Å². The topological polar surface area (TPSA) is 130 Å². The molecule has 1 aliphatic heterocycles. The Bertz CT molecular complexity index is 993. The number of esters is 1. The van der Waals surface area contributed by atoms with Gasteiger partial charge in [-0.05, 0) is 6.92 Å². The molecule has 3 N–H and O–H groups in total. The number of halogens is 1. The number of aromatic nitrogens is 4. The molecular formula is C17H27FN7O4PS. The normalized spacial score (nSPS) is 25.5. The minimum absolute atomic E-state index is 0.0857. The van der Waals surface area contributed by atoms with Crippen LogP contribution in [-0.4, -0.2) is 65.2 Å². The highest BCUT2D eigenvalue weighted by Crippen LogP contribution is 2.44. The van der Waals surface area contributed by atoms with E-state index >= 15 is 4.39 Å². The Morgan fingerprint density at radius 1 is 1.58 bits per heavy atom. The number of alkyl halides is 1. The van der Waals surface area contributed by atoms with E-state index in [9.17, 15) is 4.79 Å². The molecule has 0 aromatic carbocycles. The van der Waals surface area contributed by atoms with E-state index in [0.29, 0.717) is 17.0 Å². The van der Waals surface area contributed by atoms with Gasteiger partial charge in [-0.25, -0.2) is 9.37 Å². The third kappa shape index (κ3) is 5.12. The van der Waals surface area contributed by atoms with Crippen molar-refractivity contribution in [2.24, 2.45) is 5.92 Å². The summed E-state index contributed by atoms with van der Waals surface area (Å²) in [5.74, 6) is -2.07. The summed E-state index contributed by atoms with van der Waals surface area (Å²) in [6.45, 7) is 3.10. The molecule has 14 heteroatoms. The molecule has 2 aromatic heterocycles. The van der Waals surface area contributed by atoms with Crippen LogP contribution < -0.4 is 15.7 Å². The molecule has 0 spiro atoms. The number of ether oxygens (including phenoxy) is 2. The van der Waals surface area contributed by atoms with Gasteiger partial charge in [-0.3, -0.25) is 14.4 Å². The molecular weight excluding hydrogens is 448 g/mol. The third-order valence-electron chi connectivity index (χ3n) is 4.87. The van der Waals surface area contributed by atoms with Gasteiger partial charge in [0.2, 0.25) is 11.8 Å². The van der Waals surface area contributed by atoms with E-state index in [-0.39, 0.29) is 24.9 Å². The van der Waals surface area contributed by atoms with Crippen molar-refractivity contribution in [3.63, 3.8) is 0 Å². The summed E-state index contributed by atoms with van der Waals surface area (Å²) in [6.07, 6.45) is 0.974. The van der Waals surface area contributed by atoms with Crippen molar-refractivity contribution in [3.05, 3.63) is 6.33 Å². The number of hydrogen-bond acceptors (Lipinski definition) is 10. The molecule has 1 unspecified atom stereocenters. The molecule has 11 nitrogen and oxygen atoms in total. The van der Waals surface area contributed by atoms with Crippen molar-refractivity contribution < 1.29 is 23.2 Å². The predicted octanol–water partition coefficient (Wildman–Crippen LogP) is 1.37. The molecule has 3 heterocycles. The zero-order chi connectivity index (χ0) is 22.9. The molecule has 0 bridgehead atoms. The fraction of sp³-hybridized carbons (Fsp3) is 0.647. The van der Waals surface area contributed by atoms with Crippen LogP contribution in [0.1, 0.15) is 26.5 Å². The minimum Gasteiger partial charge on any atom is -0.468 e. The quantitative estimate of drug-likeness (QED) is 0.424. The van der Waals surface area contributed by atoms with Gasteiger partial charge in [0.25, 0.3) is 0 Å². The van der Waals surface area contributed by atoms with E-state index in [0.717, 1.165) is 0 Å². The number of nitrogens with one attached hydrogen (secondary N) is 1. The summed E-state index contributed by atoms with van der Waals surface area (Å²) in [4.78, 5) is 26.1. The molecule has 2 aromatic rings. The lowest BCUT2D eigenvalue weighted by Crippen LogP contribution is -2.32. The number of fused-ring (bicyclic) bond motifs is 1. The van der Waals surface area contributed by atoms with Crippen LogP contribution in [-0.2, 0) is 30.6 Å². The number of anilines is 2. The smallest absolute Gasteiger partial charge is 0.322 e. The number of carbonyl (C=O) groups excluding carboxylic acids is 1. The Labute approximate surface area is 185 Å². The van der Waals surface area contributed by atoms with E-state index in [4.69, 9.17) is 26.8 Å². The van der Waals surface area contributed by atoms with Crippen molar-refractivity contribution in [2.45, 2.75) is 38.4 Å². The van der Waals surface area contributed by atoms with E-state index < -0.39 is 31.2 Å². The maximum atomic E-state index is 15.4. The first-order valence-corrected chi connectivity index (χ1v) is 12.1. The highest BCUT2D eigenvalue weighted by Gasteiger charge is 2.47. The summed E-state index contributed by atoms with van der Waals surface area (Å²) in [6, 6.07) is -0.642. The molecule has 1 aliphatic rings. The fourth-order valence-electron chi connectivity index (χ4n) is 3.43. The second-order valence-corrected chi connectivity index (χ2v) is 9.93. The molecule has 31 heavy (non-hydrogen) atoms. The zero-order valence-corrected chi connectivity index (χ0v) is 19.8. The molecule has 1 fully saturated rings. The summed E-state index contributed by atoms with van der Waals surface area (Å²) >= 11 is 5.21. The number of imidazole rings is 1. The first-order valence-electron chi connectivity index (χ1n) is 9.60. The van der Waals surface area contributed by atoms with E-state index in [1.54, 1.807) is 22.7 Å². The summed E-state index contributed by atoms with van der Waals surface area (Å²) in [5.41, 5.74) is 6.86. The number of methoxy groups -OCH3 is 1. The molecule has 5 atom stereocenters. The highest BCUT2D eigenvalue weighted by molar-refractivity contribution is 8.02. The summed E-state index contributed by atoms with van der Waals surface area (Å²) < 4.78 is 32.9. The fourth-order valence-corrected chi connectivity index (χ4v) is 5.04. The Kier molecular flexibility index (Phi) is 7.11. The maximum Gasteiger partial charge on any atom is 0.322 e. The predicted molar refractivity (Wildman–Crippen MR) is 118 cm³/mol. The van der Waals surface area contributed by atoms with Crippen LogP contribution >= 0.6 is 7.07 Å². The first kappa shape index (κ1) is 23.7. The van der Waals surface area contributed by atoms with Crippen molar-refractivity contribution >= 4 is 47.8 Å². The zero-order valence-electron chi connectivity index (χ0n) is 18.0. The van der Waals surface area contributed by atoms with Gasteiger partial charge in [0.1, 0.15) is 26.0 Å². The Morgan fingerprint density at radius 3 is 2.94 bits per heavy atom. The number of hydrogen-bond donors (Lipinski definition) is 2. The number of rotatable bonds is 8. The molecule has 0 amide bonds. The number of nitrogens with zero attached hydrogens (tertiary/aromatic N) is 5. The second-order valence-electron chi connectivity index (χ2n) is 7.66. The van der Waals surface area contributed by atoms with E-state index in [2.05, 4.69) is 24.8 Å². The van der Waals surface area contributed by atoms with Gasteiger partial charge in [-0.1, -0.05) is 18.7 Å². The minimum atomic E-state index is -2.06. The van der Waals surface area contributed by atoms with Gasteiger partial charge in [-0.15, -0.1) is 0 Å². The van der Waals surface area contributed by atoms with Crippen LogP contribution in [0.4, 0.5) is 16.2 Å². The van der Waals surface area contributed by atoms with Crippen LogP contribution in [0, 0.1) is 5.92 Å². The Morgan fingerprint density at radius 2 is 2.29 bits per heavy atom. The average Bonchev–Trinajstić information content (AvgIpc) is 3.25. The van der Waals surface area contributed by atoms with Crippen LogP contribution in [0.5, 0.6) is 0 Å². The molecule has 0 aliphatic carbocycles. The molecule has 172 valence electrons. The third-order valence-corrected chi connectivity index (χ3v) is 6.65. The van der Waals surface area contributed by atoms with Crippen LogP contribution in [0.25, 0.3) is 11.2 Å². The van der Waals surface area contributed by atoms with Gasteiger partial charge in [0.15, 0.2) is 17.0 Å². The SMILES string of the molecule is COC(=O)[C@H](C)N[PH](=S)OC[C@]1(F)C[C@H](C)[C@H](n2cnc3c(N(C)C)nc(N)nc32)O1. The summed E-state index contributed by atoms with van der Waals surface area (Å²) in [5, 5.41) is 2.82. The largest absolute Gasteiger partial charge is 0.468 e. The number of carbonyl (C=O) groups is 1. The molecule has 3 rings (SSSR count). The molecule has 1 saturated heterocycles. The van der Waals surface area contributed by atoms with Crippen molar-refractivity contribution in [1.29, 1.82) is 0 Å². The van der Waals surface area contributed by atoms with Crippen molar-refractivity contribution in [3.8, 4) is 0 Å². The Balaban J connectivity index is 1.73. The standard InChI is InChI=1S/C17H27FN7O4PS/c1-9-6-17(18,7-28-30(31)23-10(2)15(26)27-5)29-14(9)25-8-20-11-12(24(3)4)21-16(19)22-13(11)25/h8-10,14,30H,6-7H2,1-5H3,(H,23,31)(H2,19,21,22)/t9-,10-,14+,17-/m0/s1. The average molecular weight is 475 g/mol. The highest BCUT2D eigenvalue weighted by atomic mass is 32.4. The lowest BCUT2D eigenvalue weighted by Gasteiger charge is -2.22. The number of nitrogens with two attached hydrogens (primary N) is 1. The van der Waals surface area contributed by atoms with Gasteiger partial charge in [0.05, 0.1) is 13.4 Å². The second kappa shape index (κ2) is 9.29. The first-order chi connectivity index (χ1) is 14.5. The lowest BCUT2D eigenvalue weighted by molar-refractivity contribution is -0.171. The number of nitrogen functional groups attached to an aromatic ring is 1. The van der Waals surface area contributed by atoms with E-state index in [1.165, 1.54) is 7.11 Å². The van der Waals surface area contributed by atoms with E-state index in [1.807, 2.05) is 21.0 Å². The molecule has 0 saturated carbocycles. The maximum absolute atomic E-state index is 15.4. The monoisotopic (exact) mass is 475 g/mol. The van der Waals surface area contributed by atoms with Gasteiger partial charge in [-0.2, -0.15) is 9.97 Å². The summed E-state index contributed by atoms with van der Waals surface area (Å²) in [7, 11) is 2.86. The van der Waals surface area contributed by atoms with Crippen LogP contribution in [0.2, 0.25) is 0 Å². The van der Waals surface area contributed by atoms with Crippen molar-refractivity contribution in [2.75, 3.05) is 38.4 Å². The van der Waals surface area contributed by atoms with Crippen LogP contribution in [0.3, 0.4) is 0 Å². The van der Waals surface area contributed by atoms with Gasteiger partial charge < -0.3 is 24.6 Å². The van der Waals surface area contributed by atoms with Gasteiger partial charge in [0, 0.05) is 26.4 Å². The van der Waals surface area contributed by atoms with Crippen LogP contribution in [0.15, 0.2) is 6.33 Å². The lowest BCUT2D eigenvalue weighted by atomic mass is 10.1. The van der Waals surface area contributed by atoms with Crippen molar-refractivity contribution in [1.82, 2.24) is 24.6 Å².